The number of nitrogens with one attached hydrogen (secondary N) is 1. The van der Waals surface area contributed by atoms with Gasteiger partial charge in [-0.1, -0.05) is 48.5 Å². The van der Waals surface area contributed by atoms with Crippen LogP contribution in [0.25, 0.3) is 0 Å². The Morgan fingerprint density at radius 2 is 2.29 bits per heavy atom. The normalized spacial score (nSPS) is 21.1. The molecule has 4 heteroatoms. The van der Waals surface area contributed by atoms with Gasteiger partial charge < -0.3 is 5.32 Å². The van der Waals surface area contributed by atoms with Crippen LogP contribution in [0.5, 0.6) is 0 Å². The van der Waals surface area contributed by atoms with Gasteiger partial charge >= 0.3 is 0 Å². The van der Waals surface area contributed by atoms with Crippen molar-refractivity contribution in [2.24, 2.45) is 4.99 Å². The molecule has 1 aromatic rings. The van der Waals surface area contributed by atoms with Crippen LogP contribution in [0.2, 0.25) is 5.02 Å². The van der Waals surface area contributed by atoms with Crippen LogP contribution in [-0.2, 0) is 0 Å². The van der Waals surface area contributed by atoms with Crippen molar-refractivity contribution in [3.8, 4) is 0 Å². The first-order valence-corrected chi connectivity index (χ1v) is 7.28. The van der Waals surface area contributed by atoms with Crippen molar-refractivity contribution < 1.29 is 0 Å². The van der Waals surface area contributed by atoms with Crippen LogP contribution in [0.15, 0.2) is 29.3 Å². The van der Waals surface area contributed by atoms with E-state index in [1.54, 1.807) is 11.8 Å². The number of benzene rings is 1. The van der Waals surface area contributed by atoms with E-state index < -0.39 is 0 Å². The lowest BCUT2D eigenvalue weighted by Crippen LogP contribution is -2.23. The van der Waals surface area contributed by atoms with Crippen LogP contribution >= 0.6 is 23.4 Å². The van der Waals surface area contributed by atoms with Crippen LogP contribution in [0, 0.1) is 0 Å². The second kappa shape index (κ2) is 5.78. The summed E-state index contributed by atoms with van der Waals surface area (Å²) in [4.78, 5) is 4.63. The molecular weight excluding hydrogens is 252 g/mol. The summed E-state index contributed by atoms with van der Waals surface area (Å²) in [6.45, 7) is 4.29. The Kier molecular flexibility index (Phi) is 4.35. The van der Waals surface area contributed by atoms with Gasteiger partial charge in [0, 0.05) is 10.8 Å². The summed E-state index contributed by atoms with van der Waals surface area (Å²) >= 11 is 7.97. The average molecular weight is 269 g/mol. The van der Waals surface area contributed by atoms with Crippen LogP contribution in [-0.4, -0.2) is 17.0 Å². The van der Waals surface area contributed by atoms with Gasteiger partial charge in [0.2, 0.25) is 0 Å². The zero-order valence-electron chi connectivity index (χ0n) is 10.1. The molecule has 0 amide bonds. The molecule has 0 aromatic heterocycles. The quantitative estimate of drug-likeness (QED) is 0.900. The highest BCUT2D eigenvalue weighted by Gasteiger charge is 2.18. The van der Waals surface area contributed by atoms with E-state index in [1.807, 2.05) is 18.2 Å². The van der Waals surface area contributed by atoms with E-state index in [0.717, 1.165) is 27.9 Å². The molecule has 1 aliphatic rings. The highest BCUT2D eigenvalue weighted by atomic mass is 35.5. The molecule has 17 heavy (non-hydrogen) atoms. The van der Waals surface area contributed by atoms with Crippen molar-refractivity contribution in [1.29, 1.82) is 0 Å². The molecule has 1 heterocycles. The third kappa shape index (κ3) is 3.17. The standard InChI is InChI=1S/C13H17ClN2S/c1-3-10-8-17-13(16-10)15-9(2)11-6-4-5-7-12(11)14/h4-7,9-10H,3,8H2,1-2H3,(H,15,16). The highest BCUT2D eigenvalue weighted by molar-refractivity contribution is 8.14. The number of hydrogen-bond acceptors (Lipinski definition) is 3. The smallest absolute Gasteiger partial charge is 0.157 e. The van der Waals surface area contributed by atoms with Crippen LogP contribution in [0.1, 0.15) is 31.9 Å². The van der Waals surface area contributed by atoms with Gasteiger partial charge in [-0.2, -0.15) is 0 Å². The highest BCUT2D eigenvalue weighted by Crippen LogP contribution is 2.25. The van der Waals surface area contributed by atoms with Crippen LogP contribution in [0.3, 0.4) is 0 Å². The summed E-state index contributed by atoms with van der Waals surface area (Å²) in [5.74, 6) is 1.09. The lowest BCUT2D eigenvalue weighted by atomic mass is 10.1. The maximum Gasteiger partial charge on any atom is 0.157 e. The van der Waals surface area contributed by atoms with Gasteiger partial charge in [-0.3, -0.25) is 4.99 Å². The molecule has 2 nitrogen and oxygen atoms in total. The third-order valence-corrected chi connectivity index (χ3v) is 4.29. The minimum atomic E-state index is 0.200. The van der Waals surface area contributed by atoms with Crippen molar-refractivity contribution in [1.82, 2.24) is 5.32 Å². The summed E-state index contributed by atoms with van der Waals surface area (Å²) in [5.41, 5.74) is 1.12. The molecule has 92 valence electrons. The minimum Gasteiger partial charge on any atom is -0.358 e. The molecule has 1 aliphatic heterocycles. The third-order valence-electron chi connectivity index (χ3n) is 2.90. The molecule has 0 bridgehead atoms. The molecule has 2 unspecified atom stereocenters. The first kappa shape index (κ1) is 12.8. The summed E-state index contributed by atoms with van der Waals surface area (Å²) < 4.78 is 0. The number of aliphatic imine (C=N–C) groups is 1. The summed E-state index contributed by atoms with van der Waals surface area (Å²) in [5, 5.41) is 5.28. The van der Waals surface area contributed by atoms with Gasteiger partial charge in [-0.05, 0) is 25.0 Å². The summed E-state index contributed by atoms with van der Waals surface area (Å²) in [7, 11) is 0. The molecular formula is C13H17ClN2S. The van der Waals surface area contributed by atoms with E-state index in [9.17, 15) is 0 Å². The Bertz CT molecular complexity index is 420. The monoisotopic (exact) mass is 268 g/mol. The number of thioether (sulfide) groups is 1. The fraction of sp³-hybridized carbons (Fsp3) is 0.462. The van der Waals surface area contributed by atoms with E-state index in [0.29, 0.717) is 6.04 Å². The lowest BCUT2D eigenvalue weighted by Gasteiger charge is -2.16. The summed E-state index contributed by atoms with van der Waals surface area (Å²) in [6, 6.07) is 8.61. The molecule has 0 fully saturated rings. The Hall–Kier alpha value is -0.670. The van der Waals surface area contributed by atoms with Crippen molar-refractivity contribution in [2.75, 3.05) is 5.75 Å². The number of hydrogen-bond donors (Lipinski definition) is 1. The molecule has 2 atom stereocenters. The van der Waals surface area contributed by atoms with Crippen molar-refractivity contribution in [2.45, 2.75) is 32.4 Å². The van der Waals surface area contributed by atoms with Crippen molar-refractivity contribution in [3.05, 3.63) is 34.9 Å². The molecule has 0 saturated carbocycles. The first-order chi connectivity index (χ1) is 8.20. The van der Waals surface area contributed by atoms with Crippen molar-refractivity contribution >= 4 is 28.5 Å². The summed E-state index contributed by atoms with van der Waals surface area (Å²) in [6.07, 6.45) is 1.11. The zero-order valence-corrected chi connectivity index (χ0v) is 11.7. The Morgan fingerprint density at radius 3 is 2.94 bits per heavy atom. The topological polar surface area (TPSA) is 24.4 Å². The predicted octanol–water partition coefficient (Wildman–Crippen LogP) is 3.87. The zero-order chi connectivity index (χ0) is 12.3. The SMILES string of the molecule is CCC1CSC(NC(C)c2ccccc2Cl)=N1. The largest absolute Gasteiger partial charge is 0.358 e. The van der Waals surface area contributed by atoms with E-state index in [4.69, 9.17) is 11.6 Å². The number of nitrogens with zero attached hydrogens (tertiary/aromatic N) is 1. The molecule has 0 radical (unpaired) electrons. The maximum atomic E-state index is 6.17. The fourth-order valence-electron chi connectivity index (χ4n) is 1.79. The average Bonchev–Trinajstić information content (AvgIpc) is 2.77. The van der Waals surface area contributed by atoms with E-state index in [2.05, 4.69) is 30.2 Å². The first-order valence-electron chi connectivity index (χ1n) is 5.92. The molecule has 0 aliphatic carbocycles. The Balaban J connectivity index is 2.03. The second-order valence-electron chi connectivity index (χ2n) is 4.19. The Morgan fingerprint density at radius 1 is 1.53 bits per heavy atom. The maximum absolute atomic E-state index is 6.17. The fourth-order valence-corrected chi connectivity index (χ4v) is 3.24. The predicted molar refractivity (Wildman–Crippen MR) is 77.0 cm³/mol. The second-order valence-corrected chi connectivity index (χ2v) is 5.61. The van der Waals surface area contributed by atoms with E-state index in [-0.39, 0.29) is 6.04 Å². The molecule has 1 N–H and O–H groups in total. The minimum absolute atomic E-state index is 0.200. The Labute approximate surface area is 112 Å². The van der Waals surface area contributed by atoms with Crippen LogP contribution < -0.4 is 5.32 Å². The van der Waals surface area contributed by atoms with Gasteiger partial charge in [0.15, 0.2) is 5.17 Å². The molecule has 0 saturated heterocycles. The number of amidine groups is 1. The number of rotatable bonds is 3. The van der Waals surface area contributed by atoms with Gasteiger partial charge in [0.05, 0.1) is 12.1 Å². The molecule has 1 aromatic carbocycles. The van der Waals surface area contributed by atoms with E-state index in [1.165, 1.54) is 0 Å². The molecule has 2 rings (SSSR count). The molecule has 0 spiro atoms. The van der Waals surface area contributed by atoms with Gasteiger partial charge in [-0.25, -0.2) is 0 Å². The van der Waals surface area contributed by atoms with Gasteiger partial charge in [0.1, 0.15) is 0 Å². The number of halogens is 1. The van der Waals surface area contributed by atoms with Gasteiger partial charge in [0.25, 0.3) is 0 Å². The van der Waals surface area contributed by atoms with E-state index >= 15 is 0 Å². The van der Waals surface area contributed by atoms with Crippen LogP contribution in [0.4, 0.5) is 0 Å². The van der Waals surface area contributed by atoms with Gasteiger partial charge in [-0.15, -0.1) is 0 Å². The van der Waals surface area contributed by atoms with Crippen molar-refractivity contribution in [3.63, 3.8) is 0 Å². The lowest BCUT2D eigenvalue weighted by molar-refractivity contribution is 0.702.